The smallest absolute Gasteiger partial charge is 0.225 e. The van der Waals surface area contributed by atoms with Gasteiger partial charge >= 0.3 is 0 Å². The van der Waals surface area contributed by atoms with Crippen LogP contribution in [0.15, 0.2) is 0 Å². The second kappa shape index (κ2) is 5.60. The fraction of sp³-hybridized carbons (Fsp3) is 0.933. The zero-order valence-electron chi connectivity index (χ0n) is 11.4. The molecule has 3 heteroatoms. The molecule has 0 aromatic rings. The Morgan fingerprint density at radius 2 is 1.78 bits per heavy atom. The minimum absolute atomic E-state index is 0.346. The quantitative estimate of drug-likeness (QED) is 0.723. The van der Waals surface area contributed by atoms with Gasteiger partial charge in [0, 0.05) is 25.0 Å². The number of fused-ring (bicyclic) bond motifs is 1. The normalized spacial score (nSPS) is 34.1. The summed E-state index contributed by atoms with van der Waals surface area (Å²) in [6.07, 6.45) is 9.90. The van der Waals surface area contributed by atoms with Crippen molar-refractivity contribution < 1.29 is 4.79 Å². The van der Waals surface area contributed by atoms with Crippen molar-refractivity contribution in [2.45, 2.75) is 57.4 Å². The van der Waals surface area contributed by atoms with E-state index in [1.165, 1.54) is 38.5 Å². The number of hydrogen-bond donors (Lipinski definition) is 1. The Hall–Kier alpha value is -0.570. The second-order valence-electron chi connectivity index (χ2n) is 6.37. The molecule has 2 unspecified atom stereocenters. The van der Waals surface area contributed by atoms with Gasteiger partial charge in [-0.15, -0.1) is 0 Å². The average Bonchev–Trinajstić information content (AvgIpc) is 2.69. The lowest BCUT2D eigenvalue weighted by atomic mass is 9.91. The maximum absolute atomic E-state index is 12.6. The highest BCUT2D eigenvalue weighted by Crippen LogP contribution is 2.29. The second-order valence-corrected chi connectivity index (χ2v) is 6.37. The van der Waals surface area contributed by atoms with Gasteiger partial charge in [0.2, 0.25) is 5.91 Å². The molecule has 2 saturated heterocycles. The van der Waals surface area contributed by atoms with Crippen LogP contribution in [0.3, 0.4) is 0 Å². The van der Waals surface area contributed by atoms with Crippen LogP contribution >= 0.6 is 0 Å². The first-order valence-electron chi connectivity index (χ1n) is 7.87. The third kappa shape index (κ3) is 2.56. The summed E-state index contributed by atoms with van der Waals surface area (Å²) in [6.45, 7) is 3.16. The predicted molar refractivity (Wildman–Crippen MR) is 72.3 cm³/mol. The summed E-state index contributed by atoms with van der Waals surface area (Å²) < 4.78 is 0. The summed E-state index contributed by atoms with van der Waals surface area (Å²) in [7, 11) is 0. The van der Waals surface area contributed by atoms with Crippen LogP contribution in [0, 0.1) is 11.8 Å². The van der Waals surface area contributed by atoms with Gasteiger partial charge in [-0.2, -0.15) is 0 Å². The molecular formula is C15H26N2O. The Morgan fingerprint density at radius 1 is 1.00 bits per heavy atom. The molecule has 0 radical (unpaired) electrons. The first kappa shape index (κ1) is 12.5. The molecule has 3 nitrogen and oxygen atoms in total. The van der Waals surface area contributed by atoms with Crippen LogP contribution in [0.4, 0.5) is 0 Å². The lowest BCUT2D eigenvalue weighted by Gasteiger charge is -2.36. The van der Waals surface area contributed by atoms with Crippen LogP contribution in [0.1, 0.15) is 51.4 Å². The van der Waals surface area contributed by atoms with Crippen molar-refractivity contribution in [3.63, 3.8) is 0 Å². The minimum Gasteiger partial charge on any atom is -0.342 e. The Labute approximate surface area is 110 Å². The van der Waals surface area contributed by atoms with Crippen molar-refractivity contribution in [1.29, 1.82) is 0 Å². The number of piperidine rings is 1. The zero-order valence-corrected chi connectivity index (χ0v) is 11.4. The molecule has 3 fully saturated rings. The Kier molecular flexibility index (Phi) is 3.88. The molecule has 2 atom stereocenters. The van der Waals surface area contributed by atoms with E-state index in [0.717, 1.165) is 38.4 Å². The van der Waals surface area contributed by atoms with Crippen molar-refractivity contribution in [3.05, 3.63) is 0 Å². The molecule has 2 heterocycles. The Morgan fingerprint density at radius 3 is 2.56 bits per heavy atom. The highest BCUT2D eigenvalue weighted by molar-refractivity contribution is 5.79. The summed E-state index contributed by atoms with van der Waals surface area (Å²) in [6, 6.07) is 0.697. The maximum atomic E-state index is 12.6. The molecule has 2 aliphatic heterocycles. The lowest BCUT2D eigenvalue weighted by molar-refractivity contribution is -0.137. The molecule has 3 aliphatic rings. The monoisotopic (exact) mass is 250 g/mol. The Balaban J connectivity index is 1.58. The van der Waals surface area contributed by atoms with Crippen LogP contribution in [0.5, 0.6) is 0 Å². The van der Waals surface area contributed by atoms with E-state index in [1.54, 1.807) is 0 Å². The van der Waals surface area contributed by atoms with Crippen LogP contribution in [-0.2, 0) is 4.79 Å². The molecule has 0 bridgehead atoms. The standard InChI is InChI=1S/C15H26N2O/c18-15(12-5-3-1-2-4-6-12)17-10-8-14-13(11-17)7-9-16-14/h12-14,16H,1-11H2. The molecule has 0 aromatic heterocycles. The van der Waals surface area contributed by atoms with Gasteiger partial charge in [-0.3, -0.25) is 4.79 Å². The third-order valence-corrected chi connectivity index (χ3v) is 5.17. The predicted octanol–water partition coefficient (Wildman–Crippen LogP) is 2.17. The number of likely N-dealkylation sites (tertiary alicyclic amines) is 1. The highest BCUT2D eigenvalue weighted by atomic mass is 16.2. The number of carbonyl (C=O) groups is 1. The molecule has 0 spiro atoms. The molecule has 18 heavy (non-hydrogen) atoms. The molecule has 102 valence electrons. The van der Waals surface area contributed by atoms with Gasteiger partial charge in [-0.1, -0.05) is 25.7 Å². The molecule has 1 N–H and O–H groups in total. The van der Waals surface area contributed by atoms with Crippen molar-refractivity contribution in [2.24, 2.45) is 11.8 Å². The number of nitrogens with one attached hydrogen (secondary N) is 1. The van der Waals surface area contributed by atoms with E-state index >= 15 is 0 Å². The SMILES string of the molecule is O=C(C1CCCCCC1)N1CCC2NCCC2C1. The molecule has 1 saturated carbocycles. The summed E-state index contributed by atoms with van der Waals surface area (Å²) in [5, 5.41) is 3.57. The topological polar surface area (TPSA) is 32.3 Å². The van der Waals surface area contributed by atoms with E-state index in [4.69, 9.17) is 0 Å². The van der Waals surface area contributed by atoms with Crippen LogP contribution in [-0.4, -0.2) is 36.5 Å². The van der Waals surface area contributed by atoms with E-state index in [-0.39, 0.29) is 0 Å². The van der Waals surface area contributed by atoms with Crippen LogP contribution < -0.4 is 5.32 Å². The summed E-state index contributed by atoms with van der Waals surface area (Å²) in [5.74, 6) is 1.55. The van der Waals surface area contributed by atoms with E-state index in [2.05, 4.69) is 10.2 Å². The summed E-state index contributed by atoms with van der Waals surface area (Å²) in [4.78, 5) is 14.8. The van der Waals surface area contributed by atoms with Gasteiger partial charge in [0.15, 0.2) is 0 Å². The van der Waals surface area contributed by atoms with E-state index in [9.17, 15) is 4.79 Å². The third-order valence-electron chi connectivity index (χ3n) is 5.17. The number of amides is 1. The lowest BCUT2D eigenvalue weighted by Crippen LogP contribution is -2.48. The molecule has 1 amide bonds. The number of hydrogen-bond acceptors (Lipinski definition) is 2. The maximum Gasteiger partial charge on any atom is 0.225 e. The molecular weight excluding hydrogens is 224 g/mol. The van der Waals surface area contributed by atoms with E-state index < -0.39 is 0 Å². The summed E-state index contributed by atoms with van der Waals surface area (Å²) >= 11 is 0. The number of carbonyl (C=O) groups excluding carboxylic acids is 1. The van der Waals surface area contributed by atoms with Gasteiger partial charge in [0.25, 0.3) is 0 Å². The van der Waals surface area contributed by atoms with Gasteiger partial charge in [-0.05, 0) is 38.1 Å². The van der Waals surface area contributed by atoms with Gasteiger partial charge < -0.3 is 10.2 Å². The highest BCUT2D eigenvalue weighted by Gasteiger charge is 2.36. The first-order chi connectivity index (χ1) is 8.84. The van der Waals surface area contributed by atoms with Crippen LogP contribution in [0.2, 0.25) is 0 Å². The first-order valence-corrected chi connectivity index (χ1v) is 7.87. The van der Waals surface area contributed by atoms with Gasteiger partial charge in [0.1, 0.15) is 0 Å². The van der Waals surface area contributed by atoms with Crippen LogP contribution in [0.25, 0.3) is 0 Å². The van der Waals surface area contributed by atoms with Crippen molar-refractivity contribution >= 4 is 5.91 Å². The van der Waals surface area contributed by atoms with E-state index in [0.29, 0.717) is 17.9 Å². The fourth-order valence-corrected chi connectivity index (χ4v) is 4.03. The van der Waals surface area contributed by atoms with Crippen molar-refractivity contribution in [3.8, 4) is 0 Å². The Bertz CT molecular complexity index is 297. The van der Waals surface area contributed by atoms with Gasteiger partial charge in [0.05, 0.1) is 0 Å². The average molecular weight is 250 g/mol. The molecule has 1 aliphatic carbocycles. The largest absolute Gasteiger partial charge is 0.342 e. The minimum atomic E-state index is 0.346. The molecule has 3 rings (SSSR count). The number of rotatable bonds is 1. The summed E-state index contributed by atoms with van der Waals surface area (Å²) in [5.41, 5.74) is 0. The zero-order chi connectivity index (χ0) is 12.4. The van der Waals surface area contributed by atoms with Crippen molar-refractivity contribution in [2.75, 3.05) is 19.6 Å². The number of nitrogens with zero attached hydrogens (tertiary/aromatic N) is 1. The van der Waals surface area contributed by atoms with Crippen molar-refractivity contribution in [1.82, 2.24) is 10.2 Å². The van der Waals surface area contributed by atoms with Gasteiger partial charge in [-0.25, -0.2) is 0 Å². The molecule has 0 aromatic carbocycles. The fourth-order valence-electron chi connectivity index (χ4n) is 4.03. The van der Waals surface area contributed by atoms with E-state index in [1.807, 2.05) is 0 Å².